The van der Waals surface area contributed by atoms with Crippen LogP contribution in [0.1, 0.15) is 12.0 Å². The Morgan fingerprint density at radius 1 is 1.35 bits per heavy atom. The molecule has 6 nitrogen and oxygen atoms in total. The highest BCUT2D eigenvalue weighted by Gasteiger charge is 2.15. The second-order valence-corrected chi connectivity index (χ2v) is 4.45. The molecule has 0 aliphatic rings. The van der Waals surface area contributed by atoms with Crippen LogP contribution in [0.3, 0.4) is 0 Å². The fourth-order valence-electron chi connectivity index (χ4n) is 1.65. The second-order valence-electron chi connectivity index (χ2n) is 4.01. The van der Waals surface area contributed by atoms with Gasteiger partial charge >= 0.3 is 6.03 Å². The highest BCUT2D eigenvalue weighted by molar-refractivity contribution is 6.30. The van der Waals surface area contributed by atoms with Crippen molar-refractivity contribution in [2.75, 3.05) is 14.2 Å². The van der Waals surface area contributed by atoms with Gasteiger partial charge in [0.25, 0.3) is 0 Å². The zero-order valence-corrected chi connectivity index (χ0v) is 12.2. The van der Waals surface area contributed by atoms with Crippen LogP contribution in [-0.2, 0) is 15.9 Å². The summed E-state index contributed by atoms with van der Waals surface area (Å²) in [5.74, 6) is 0. The number of nitrogens with one attached hydrogen (secondary N) is 1. The van der Waals surface area contributed by atoms with Crippen molar-refractivity contribution in [1.82, 2.24) is 5.43 Å². The Morgan fingerprint density at radius 3 is 2.45 bits per heavy atom. The number of hydrogen-bond acceptors (Lipinski definition) is 4. The molecule has 0 aliphatic carbocycles. The van der Waals surface area contributed by atoms with Crippen LogP contribution in [0.5, 0.6) is 0 Å². The number of rotatable bonds is 7. The number of ether oxygens (including phenoxy) is 2. The smallest absolute Gasteiger partial charge is 0.332 e. The van der Waals surface area contributed by atoms with Gasteiger partial charge < -0.3 is 15.2 Å². The predicted molar refractivity (Wildman–Crippen MR) is 77.7 cm³/mol. The summed E-state index contributed by atoms with van der Waals surface area (Å²) in [4.78, 5) is 10.7. The molecule has 0 spiro atoms. The maximum Gasteiger partial charge on any atom is 0.332 e. The molecule has 2 amide bonds. The first-order valence-corrected chi connectivity index (χ1v) is 6.36. The average molecular weight is 300 g/mol. The third kappa shape index (κ3) is 5.56. The Hall–Kier alpha value is -1.63. The van der Waals surface area contributed by atoms with Crippen LogP contribution in [-0.4, -0.2) is 32.3 Å². The molecule has 7 heteroatoms. The van der Waals surface area contributed by atoms with E-state index in [1.807, 2.05) is 24.3 Å². The summed E-state index contributed by atoms with van der Waals surface area (Å²) in [6.45, 7) is 0. The van der Waals surface area contributed by atoms with E-state index >= 15 is 0 Å². The molecule has 0 fully saturated rings. The molecule has 3 N–H and O–H groups in total. The van der Waals surface area contributed by atoms with Crippen LogP contribution < -0.4 is 11.2 Å². The zero-order chi connectivity index (χ0) is 15.0. The van der Waals surface area contributed by atoms with Crippen molar-refractivity contribution < 1.29 is 14.3 Å². The highest BCUT2D eigenvalue weighted by Crippen LogP contribution is 2.12. The largest absolute Gasteiger partial charge is 0.351 e. The summed E-state index contributed by atoms with van der Waals surface area (Å²) in [5, 5.41) is 4.60. The first kappa shape index (κ1) is 16.4. The minimum atomic E-state index is -0.736. The Labute approximate surface area is 122 Å². The van der Waals surface area contributed by atoms with E-state index in [-0.39, 0.29) is 0 Å². The molecule has 0 unspecified atom stereocenters. The monoisotopic (exact) mass is 299 g/mol. The molecule has 0 saturated heterocycles. The number of halogens is 1. The van der Waals surface area contributed by atoms with E-state index in [1.165, 1.54) is 14.2 Å². The lowest BCUT2D eigenvalue weighted by Gasteiger charge is -2.16. The highest BCUT2D eigenvalue weighted by atomic mass is 35.5. The predicted octanol–water partition coefficient (Wildman–Crippen LogP) is 1.92. The van der Waals surface area contributed by atoms with Crippen LogP contribution in [0.25, 0.3) is 0 Å². The fraction of sp³-hybridized carbons (Fsp3) is 0.385. The van der Waals surface area contributed by atoms with Crippen molar-refractivity contribution >= 4 is 23.3 Å². The molecule has 20 heavy (non-hydrogen) atoms. The molecule has 0 atom stereocenters. The molecule has 0 aliphatic heterocycles. The number of methoxy groups -OCH3 is 2. The van der Waals surface area contributed by atoms with E-state index in [4.69, 9.17) is 26.8 Å². The number of nitrogens with zero attached hydrogens (tertiary/aromatic N) is 1. The van der Waals surface area contributed by atoms with Gasteiger partial charge in [0.05, 0.1) is 5.71 Å². The Balaban J connectivity index is 2.71. The number of carbonyl (C=O) groups is 1. The normalized spacial score (nSPS) is 11.7. The molecule has 0 heterocycles. The summed E-state index contributed by atoms with van der Waals surface area (Å²) >= 11 is 5.83. The van der Waals surface area contributed by atoms with Gasteiger partial charge in [-0.2, -0.15) is 5.10 Å². The van der Waals surface area contributed by atoms with Gasteiger partial charge in [0, 0.05) is 19.2 Å². The van der Waals surface area contributed by atoms with Gasteiger partial charge in [0.1, 0.15) is 0 Å². The number of aryl methyl sites for hydroxylation is 1. The topological polar surface area (TPSA) is 85.9 Å². The van der Waals surface area contributed by atoms with Crippen molar-refractivity contribution in [3.05, 3.63) is 34.9 Å². The first-order chi connectivity index (χ1) is 9.56. The standard InChI is InChI=1S/C13H18ClN3O3/c1-19-12(20-2)11(16-17-13(15)18)8-5-9-3-6-10(14)7-4-9/h3-4,6-7,12H,5,8H2,1-2H3,(H3,15,17,18)/b16-11-. The zero-order valence-electron chi connectivity index (χ0n) is 11.4. The summed E-state index contributed by atoms with van der Waals surface area (Å²) in [7, 11) is 2.99. The van der Waals surface area contributed by atoms with Crippen LogP contribution in [0, 0.1) is 0 Å². The van der Waals surface area contributed by atoms with Crippen molar-refractivity contribution in [3.8, 4) is 0 Å². The van der Waals surface area contributed by atoms with Crippen molar-refractivity contribution in [2.45, 2.75) is 19.1 Å². The number of urea groups is 1. The second kappa shape index (κ2) is 8.52. The third-order valence-corrected chi connectivity index (χ3v) is 2.84. The van der Waals surface area contributed by atoms with Crippen LogP contribution in [0.15, 0.2) is 29.4 Å². The number of hydrogen-bond donors (Lipinski definition) is 2. The molecule has 0 bridgehead atoms. The number of nitrogens with two attached hydrogens (primary N) is 1. The number of carbonyl (C=O) groups excluding carboxylic acids is 1. The van der Waals surface area contributed by atoms with E-state index in [2.05, 4.69) is 10.5 Å². The quantitative estimate of drug-likeness (QED) is 0.458. The van der Waals surface area contributed by atoms with Crippen molar-refractivity contribution in [2.24, 2.45) is 10.8 Å². The van der Waals surface area contributed by atoms with Gasteiger partial charge in [-0.25, -0.2) is 10.2 Å². The summed E-state index contributed by atoms with van der Waals surface area (Å²) in [5.41, 5.74) is 8.82. The number of hydrazone groups is 1. The van der Waals surface area contributed by atoms with E-state index in [9.17, 15) is 4.79 Å². The molecule has 1 aromatic rings. The van der Waals surface area contributed by atoms with Crippen molar-refractivity contribution in [1.29, 1.82) is 0 Å². The van der Waals surface area contributed by atoms with Gasteiger partial charge in [0.15, 0.2) is 6.29 Å². The number of benzene rings is 1. The molecule has 0 aromatic heterocycles. The van der Waals surface area contributed by atoms with E-state index in [0.717, 1.165) is 5.56 Å². The fourth-order valence-corrected chi connectivity index (χ4v) is 1.77. The van der Waals surface area contributed by atoms with E-state index < -0.39 is 12.3 Å². The van der Waals surface area contributed by atoms with Crippen molar-refractivity contribution in [3.63, 3.8) is 0 Å². The average Bonchev–Trinajstić information content (AvgIpc) is 2.43. The number of primary amides is 1. The van der Waals surface area contributed by atoms with E-state index in [1.54, 1.807) is 0 Å². The SMILES string of the molecule is COC(OC)/C(CCc1ccc(Cl)cc1)=N\NC(N)=O. The maximum absolute atomic E-state index is 10.7. The Bertz CT molecular complexity index is 458. The Kier molecular flexibility index (Phi) is 7.00. The lowest BCUT2D eigenvalue weighted by molar-refractivity contribution is -0.0534. The van der Waals surface area contributed by atoms with Gasteiger partial charge in [-0.05, 0) is 30.5 Å². The lowest BCUT2D eigenvalue weighted by Crippen LogP contribution is -2.31. The van der Waals surface area contributed by atoms with E-state index in [0.29, 0.717) is 23.6 Å². The minimum absolute atomic E-state index is 0.545. The summed E-state index contributed by atoms with van der Waals surface area (Å²) in [6, 6.07) is 6.76. The van der Waals surface area contributed by atoms with Crippen LogP contribution in [0.4, 0.5) is 4.79 Å². The molecule has 1 aromatic carbocycles. The van der Waals surface area contributed by atoms with Gasteiger partial charge in [-0.15, -0.1) is 0 Å². The lowest BCUT2D eigenvalue weighted by atomic mass is 10.1. The van der Waals surface area contributed by atoms with Crippen LogP contribution in [0.2, 0.25) is 5.02 Å². The maximum atomic E-state index is 10.7. The molecule has 0 radical (unpaired) electrons. The van der Waals surface area contributed by atoms with Gasteiger partial charge in [0.2, 0.25) is 0 Å². The minimum Gasteiger partial charge on any atom is -0.351 e. The molecule has 0 saturated carbocycles. The molecular weight excluding hydrogens is 282 g/mol. The van der Waals surface area contributed by atoms with Gasteiger partial charge in [-0.3, -0.25) is 0 Å². The molecule has 1 rings (SSSR count). The number of amides is 2. The van der Waals surface area contributed by atoms with Crippen LogP contribution >= 0.6 is 11.6 Å². The third-order valence-electron chi connectivity index (χ3n) is 2.59. The molecular formula is C13H18ClN3O3. The Morgan fingerprint density at radius 2 is 1.95 bits per heavy atom. The summed E-state index contributed by atoms with van der Waals surface area (Å²) in [6.07, 6.45) is 0.627. The van der Waals surface area contributed by atoms with Gasteiger partial charge in [-0.1, -0.05) is 23.7 Å². The first-order valence-electron chi connectivity index (χ1n) is 5.98. The molecule has 110 valence electrons. The summed E-state index contributed by atoms with van der Waals surface area (Å²) < 4.78 is 10.3.